The van der Waals surface area contributed by atoms with Crippen LogP contribution >= 0.6 is 0 Å². The maximum atomic E-state index is 12.0. The lowest BCUT2D eigenvalue weighted by atomic mass is 10.1. The molecule has 1 amide bonds. The van der Waals surface area contributed by atoms with Crippen LogP contribution in [-0.4, -0.2) is 18.0 Å². The number of primary amides is 1. The topological polar surface area (TPSA) is 95.4 Å². The van der Waals surface area contributed by atoms with Crippen LogP contribution < -0.4 is 16.1 Å². The molecule has 0 aliphatic carbocycles. The van der Waals surface area contributed by atoms with Gasteiger partial charge in [0, 0.05) is 5.39 Å². The van der Waals surface area contributed by atoms with E-state index in [0.29, 0.717) is 16.5 Å². The molecule has 0 spiro atoms. The van der Waals surface area contributed by atoms with Crippen molar-refractivity contribution in [2.24, 2.45) is 5.73 Å². The smallest absolute Gasteiger partial charge is 0.345 e. The highest BCUT2D eigenvalue weighted by Crippen LogP contribution is 2.25. The molecule has 20 heavy (non-hydrogen) atoms. The monoisotopic (exact) mass is 270 g/mol. The fraction of sp³-hybridized carbons (Fsp3) is 0.0714. The van der Waals surface area contributed by atoms with Crippen LogP contribution in [-0.2, 0) is 0 Å². The summed E-state index contributed by atoms with van der Waals surface area (Å²) in [4.78, 5) is 27.6. The first-order chi connectivity index (χ1) is 9.61. The number of amides is 1. The zero-order valence-electron chi connectivity index (χ0n) is 10.5. The number of nitrogens with two attached hydrogens (primary N) is 1. The Hall–Kier alpha value is -2.89. The number of carbonyl (C=O) groups is 1. The van der Waals surface area contributed by atoms with Gasteiger partial charge in [0.15, 0.2) is 0 Å². The molecule has 0 radical (unpaired) electrons. The Balaban J connectivity index is 2.54. The number of hydrogen-bond donors (Lipinski definition) is 1. The predicted molar refractivity (Wildman–Crippen MR) is 72.9 cm³/mol. The first-order valence-electron chi connectivity index (χ1n) is 5.82. The third-order valence-electron chi connectivity index (χ3n) is 3.01. The number of fused-ring (bicyclic) bond motifs is 3. The molecule has 2 aromatic heterocycles. The van der Waals surface area contributed by atoms with Crippen LogP contribution in [0.4, 0.5) is 0 Å². The zero-order valence-corrected chi connectivity index (χ0v) is 10.5. The summed E-state index contributed by atoms with van der Waals surface area (Å²) in [5.41, 5.74) is 5.56. The van der Waals surface area contributed by atoms with Crippen molar-refractivity contribution in [1.29, 1.82) is 0 Å². The highest BCUT2D eigenvalue weighted by atomic mass is 16.5. The van der Waals surface area contributed by atoms with E-state index in [0.717, 1.165) is 0 Å². The van der Waals surface area contributed by atoms with E-state index >= 15 is 0 Å². The van der Waals surface area contributed by atoms with E-state index in [1.807, 2.05) is 0 Å². The van der Waals surface area contributed by atoms with Crippen molar-refractivity contribution in [3.05, 3.63) is 46.3 Å². The number of hydrogen-bond acceptors (Lipinski definition) is 5. The first-order valence-corrected chi connectivity index (χ1v) is 5.82. The molecule has 0 saturated carbocycles. The van der Waals surface area contributed by atoms with Crippen LogP contribution in [0.2, 0.25) is 0 Å². The van der Waals surface area contributed by atoms with Gasteiger partial charge in [0.05, 0.1) is 18.0 Å². The molecule has 0 fully saturated rings. The SMILES string of the molecule is COc1nc2c(cc1C(N)=O)c(=O)oc1ccccc12. The Labute approximate surface area is 112 Å². The molecular weight excluding hydrogens is 260 g/mol. The fourth-order valence-electron chi connectivity index (χ4n) is 2.10. The average Bonchev–Trinajstić information content (AvgIpc) is 2.46. The highest BCUT2D eigenvalue weighted by molar-refractivity contribution is 6.05. The van der Waals surface area contributed by atoms with Crippen LogP contribution in [0.1, 0.15) is 10.4 Å². The summed E-state index contributed by atoms with van der Waals surface area (Å²) >= 11 is 0. The van der Waals surface area contributed by atoms with Crippen molar-refractivity contribution >= 4 is 27.8 Å². The summed E-state index contributed by atoms with van der Waals surface area (Å²) in [5, 5.41) is 0.856. The molecule has 0 bridgehead atoms. The number of carbonyl (C=O) groups excluding carboxylic acids is 1. The molecule has 3 aromatic rings. The molecule has 0 atom stereocenters. The van der Waals surface area contributed by atoms with Crippen molar-refractivity contribution in [3.8, 4) is 5.88 Å². The largest absolute Gasteiger partial charge is 0.480 e. The van der Waals surface area contributed by atoms with Gasteiger partial charge >= 0.3 is 5.63 Å². The lowest BCUT2D eigenvalue weighted by molar-refractivity contribution is 0.0997. The van der Waals surface area contributed by atoms with Crippen LogP contribution in [0.15, 0.2) is 39.5 Å². The van der Waals surface area contributed by atoms with Gasteiger partial charge in [-0.1, -0.05) is 12.1 Å². The van der Waals surface area contributed by atoms with E-state index in [-0.39, 0.29) is 16.8 Å². The number of pyridine rings is 1. The van der Waals surface area contributed by atoms with Crippen LogP contribution in [0, 0.1) is 0 Å². The molecule has 0 unspecified atom stereocenters. The standard InChI is InChI=1S/C14H10N2O4/c1-19-13-9(12(15)17)6-8-11(16-13)7-4-2-3-5-10(7)20-14(8)18/h2-6H,1H3,(H2,15,17). The molecule has 0 saturated heterocycles. The molecule has 1 aromatic carbocycles. The number of methoxy groups -OCH3 is 1. The summed E-state index contributed by atoms with van der Waals surface area (Å²) < 4.78 is 10.3. The van der Waals surface area contributed by atoms with Crippen LogP contribution in [0.3, 0.4) is 0 Å². The van der Waals surface area contributed by atoms with Crippen molar-refractivity contribution in [1.82, 2.24) is 4.98 Å². The maximum absolute atomic E-state index is 12.0. The van der Waals surface area contributed by atoms with E-state index in [2.05, 4.69) is 4.98 Å². The predicted octanol–water partition coefficient (Wildman–Crippen LogP) is 1.45. The Kier molecular flexibility index (Phi) is 2.64. The minimum absolute atomic E-state index is 0.0441. The van der Waals surface area contributed by atoms with Crippen molar-refractivity contribution < 1.29 is 13.9 Å². The Morgan fingerprint density at radius 2 is 2.05 bits per heavy atom. The minimum Gasteiger partial charge on any atom is -0.480 e. The van der Waals surface area contributed by atoms with Crippen LogP contribution in [0.5, 0.6) is 5.88 Å². The molecular formula is C14H10N2O4. The summed E-state index contributed by atoms with van der Waals surface area (Å²) in [5.74, 6) is -0.635. The highest BCUT2D eigenvalue weighted by Gasteiger charge is 2.16. The van der Waals surface area contributed by atoms with Gasteiger partial charge in [-0.05, 0) is 18.2 Å². The Bertz CT molecular complexity index is 899. The van der Waals surface area contributed by atoms with Gasteiger partial charge in [-0.15, -0.1) is 0 Å². The molecule has 2 heterocycles. The first kappa shape index (κ1) is 12.2. The molecule has 0 aliphatic rings. The van der Waals surface area contributed by atoms with Gasteiger partial charge in [0.1, 0.15) is 11.1 Å². The van der Waals surface area contributed by atoms with Gasteiger partial charge in [-0.2, -0.15) is 0 Å². The molecule has 0 aliphatic heterocycles. The lowest BCUT2D eigenvalue weighted by Gasteiger charge is -2.07. The van der Waals surface area contributed by atoms with Gasteiger partial charge < -0.3 is 14.9 Å². The summed E-state index contributed by atoms with van der Waals surface area (Å²) in [7, 11) is 1.38. The Morgan fingerprint density at radius 3 is 2.75 bits per heavy atom. The molecule has 3 rings (SSSR count). The third kappa shape index (κ3) is 1.70. The van der Waals surface area contributed by atoms with Crippen molar-refractivity contribution in [3.63, 3.8) is 0 Å². The van der Waals surface area contributed by atoms with Gasteiger partial charge in [-0.25, -0.2) is 9.78 Å². The molecule has 2 N–H and O–H groups in total. The number of aromatic nitrogens is 1. The van der Waals surface area contributed by atoms with Gasteiger partial charge in [0.2, 0.25) is 5.88 Å². The summed E-state index contributed by atoms with van der Waals surface area (Å²) in [6.07, 6.45) is 0. The fourth-order valence-corrected chi connectivity index (χ4v) is 2.10. The summed E-state index contributed by atoms with van der Waals surface area (Å²) in [6, 6.07) is 8.36. The number of nitrogens with zero attached hydrogens (tertiary/aromatic N) is 1. The number of para-hydroxylation sites is 1. The second kappa shape index (κ2) is 4.34. The van der Waals surface area contributed by atoms with E-state index in [9.17, 15) is 9.59 Å². The molecule has 6 nitrogen and oxygen atoms in total. The van der Waals surface area contributed by atoms with Crippen molar-refractivity contribution in [2.75, 3.05) is 7.11 Å². The summed E-state index contributed by atoms with van der Waals surface area (Å²) in [6.45, 7) is 0. The second-order valence-electron chi connectivity index (χ2n) is 4.19. The van der Waals surface area contributed by atoms with E-state index in [4.69, 9.17) is 14.9 Å². The van der Waals surface area contributed by atoms with Gasteiger partial charge in [0.25, 0.3) is 5.91 Å². The number of benzene rings is 1. The number of rotatable bonds is 2. The molecule has 100 valence electrons. The van der Waals surface area contributed by atoms with E-state index < -0.39 is 11.5 Å². The maximum Gasteiger partial charge on any atom is 0.345 e. The lowest BCUT2D eigenvalue weighted by Crippen LogP contribution is -2.14. The second-order valence-corrected chi connectivity index (χ2v) is 4.19. The quantitative estimate of drug-likeness (QED) is 0.561. The molecule has 6 heteroatoms. The average molecular weight is 270 g/mol. The normalized spacial score (nSPS) is 10.8. The minimum atomic E-state index is -0.719. The van der Waals surface area contributed by atoms with E-state index in [1.165, 1.54) is 13.2 Å². The van der Waals surface area contributed by atoms with Crippen molar-refractivity contribution in [2.45, 2.75) is 0 Å². The number of ether oxygens (including phenoxy) is 1. The van der Waals surface area contributed by atoms with Crippen LogP contribution in [0.25, 0.3) is 21.9 Å². The third-order valence-corrected chi connectivity index (χ3v) is 3.01. The van der Waals surface area contributed by atoms with Gasteiger partial charge in [-0.3, -0.25) is 4.79 Å². The zero-order chi connectivity index (χ0) is 14.3. The van der Waals surface area contributed by atoms with E-state index in [1.54, 1.807) is 24.3 Å². The Morgan fingerprint density at radius 1 is 1.30 bits per heavy atom.